The van der Waals surface area contributed by atoms with Crippen molar-refractivity contribution in [1.82, 2.24) is 9.62 Å². The second-order valence-corrected chi connectivity index (χ2v) is 7.91. The second kappa shape index (κ2) is 6.64. The zero-order chi connectivity index (χ0) is 15.4. The molecule has 0 unspecified atom stereocenters. The molecule has 0 aromatic heterocycles. The third-order valence-electron chi connectivity index (χ3n) is 2.74. The Hall–Kier alpha value is -1.00. The molecule has 0 heterocycles. The Bertz CT molecular complexity index is 656. The van der Waals surface area contributed by atoms with Crippen molar-refractivity contribution in [2.45, 2.75) is 16.2 Å². The third kappa shape index (κ3) is 4.25. The Labute approximate surface area is 119 Å². The SMILES string of the molecule is CNCCCN(C)S(=O)(=O)c1cccc(S(N)(=O)=O)c1. The molecule has 0 aliphatic rings. The Kier molecular flexibility index (Phi) is 5.66. The van der Waals surface area contributed by atoms with Gasteiger partial charge in [0.25, 0.3) is 0 Å². The molecule has 3 N–H and O–H groups in total. The van der Waals surface area contributed by atoms with Gasteiger partial charge in [-0.15, -0.1) is 0 Å². The van der Waals surface area contributed by atoms with Crippen LogP contribution in [0.2, 0.25) is 0 Å². The van der Waals surface area contributed by atoms with E-state index in [1.165, 1.54) is 29.6 Å². The number of nitrogens with two attached hydrogens (primary N) is 1. The molecule has 0 saturated carbocycles. The third-order valence-corrected chi connectivity index (χ3v) is 5.51. The molecule has 0 bridgehead atoms. The molecule has 114 valence electrons. The number of rotatable bonds is 7. The second-order valence-electron chi connectivity index (χ2n) is 4.30. The van der Waals surface area contributed by atoms with E-state index in [0.29, 0.717) is 19.5 Å². The standard InChI is InChI=1S/C11H19N3O4S2/c1-13-7-4-8-14(2)20(17,18)11-6-3-5-10(9-11)19(12,15)16/h3,5-6,9,13H,4,7-8H2,1-2H3,(H2,12,15,16). The van der Waals surface area contributed by atoms with Crippen molar-refractivity contribution in [1.29, 1.82) is 0 Å². The molecule has 0 atom stereocenters. The molecule has 0 aliphatic heterocycles. The van der Waals surface area contributed by atoms with Crippen LogP contribution in [0.1, 0.15) is 6.42 Å². The molecule has 0 saturated heterocycles. The highest BCUT2D eigenvalue weighted by Crippen LogP contribution is 2.18. The topological polar surface area (TPSA) is 110 Å². The van der Waals surface area contributed by atoms with E-state index in [0.717, 1.165) is 6.07 Å². The summed E-state index contributed by atoms with van der Waals surface area (Å²) in [4.78, 5) is -0.307. The summed E-state index contributed by atoms with van der Waals surface area (Å²) in [6, 6.07) is 5.03. The lowest BCUT2D eigenvalue weighted by Gasteiger charge is -2.17. The van der Waals surface area contributed by atoms with Crippen molar-refractivity contribution >= 4 is 20.0 Å². The van der Waals surface area contributed by atoms with Gasteiger partial charge < -0.3 is 5.32 Å². The van der Waals surface area contributed by atoms with E-state index in [1.807, 2.05) is 0 Å². The maximum absolute atomic E-state index is 12.3. The van der Waals surface area contributed by atoms with Gasteiger partial charge in [-0.1, -0.05) is 6.07 Å². The number of nitrogens with one attached hydrogen (secondary N) is 1. The predicted molar refractivity (Wildman–Crippen MR) is 76.2 cm³/mol. The van der Waals surface area contributed by atoms with E-state index in [-0.39, 0.29) is 9.79 Å². The number of nitrogens with zero attached hydrogens (tertiary/aromatic N) is 1. The molecule has 1 rings (SSSR count). The van der Waals surface area contributed by atoms with Gasteiger partial charge in [-0.3, -0.25) is 0 Å². The van der Waals surface area contributed by atoms with Crippen LogP contribution in [-0.2, 0) is 20.0 Å². The fourth-order valence-corrected chi connectivity index (χ4v) is 3.48. The summed E-state index contributed by atoms with van der Waals surface area (Å²) in [6.45, 7) is 1.03. The highest BCUT2D eigenvalue weighted by atomic mass is 32.2. The van der Waals surface area contributed by atoms with E-state index in [4.69, 9.17) is 5.14 Å². The molecule has 0 aliphatic carbocycles. The molecule has 0 fully saturated rings. The lowest BCUT2D eigenvalue weighted by atomic mass is 10.4. The fourth-order valence-electron chi connectivity index (χ4n) is 1.59. The molecule has 1 aromatic rings. The number of hydrogen-bond acceptors (Lipinski definition) is 5. The maximum atomic E-state index is 12.3. The van der Waals surface area contributed by atoms with E-state index in [9.17, 15) is 16.8 Å². The normalized spacial score (nSPS) is 12.8. The first kappa shape index (κ1) is 17.1. The smallest absolute Gasteiger partial charge is 0.242 e. The average molecular weight is 321 g/mol. The number of hydrogen-bond donors (Lipinski definition) is 2. The van der Waals surface area contributed by atoms with Crippen molar-refractivity contribution in [3.8, 4) is 0 Å². The molecule has 7 nitrogen and oxygen atoms in total. The zero-order valence-corrected chi connectivity index (χ0v) is 13.0. The first-order valence-electron chi connectivity index (χ1n) is 5.93. The molecule has 0 radical (unpaired) electrons. The van der Waals surface area contributed by atoms with Gasteiger partial charge in [0, 0.05) is 13.6 Å². The van der Waals surface area contributed by atoms with Gasteiger partial charge in [0.15, 0.2) is 0 Å². The summed E-state index contributed by atoms with van der Waals surface area (Å²) in [5.74, 6) is 0. The molecule has 20 heavy (non-hydrogen) atoms. The zero-order valence-electron chi connectivity index (χ0n) is 11.4. The van der Waals surface area contributed by atoms with Crippen molar-refractivity contribution in [2.75, 3.05) is 27.2 Å². The summed E-state index contributed by atoms with van der Waals surface area (Å²) in [6.07, 6.45) is 0.654. The van der Waals surface area contributed by atoms with Crippen LogP contribution in [-0.4, -0.2) is 48.3 Å². The van der Waals surface area contributed by atoms with Crippen LogP contribution in [0.25, 0.3) is 0 Å². The van der Waals surface area contributed by atoms with Gasteiger partial charge in [-0.05, 0) is 38.2 Å². The number of sulfonamides is 2. The fraction of sp³-hybridized carbons (Fsp3) is 0.455. The van der Waals surface area contributed by atoms with Gasteiger partial charge >= 0.3 is 0 Å². The van der Waals surface area contributed by atoms with Gasteiger partial charge in [0.2, 0.25) is 20.0 Å². The Morgan fingerprint density at radius 2 is 1.80 bits per heavy atom. The lowest BCUT2D eigenvalue weighted by Crippen LogP contribution is -2.29. The summed E-state index contributed by atoms with van der Waals surface area (Å²) < 4.78 is 48.2. The van der Waals surface area contributed by atoms with Gasteiger partial charge in [0.1, 0.15) is 0 Å². The van der Waals surface area contributed by atoms with E-state index < -0.39 is 20.0 Å². The van der Waals surface area contributed by atoms with E-state index in [1.54, 1.807) is 7.05 Å². The summed E-state index contributed by atoms with van der Waals surface area (Å²) in [5, 5.41) is 7.92. The van der Waals surface area contributed by atoms with Crippen LogP contribution in [0.4, 0.5) is 0 Å². The molecule has 0 amide bonds. The summed E-state index contributed by atoms with van der Waals surface area (Å²) in [7, 11) is -4.41. The van der Waals surface area contributed by atoms with Crippen molar-refractivity contribution in [3.63, 3.8) is 0 Å². The van der Waals surface area contributed by atoms with Gasteiger partial charge in [0.05, 0.1) is 9.79 Å². The maximum Gasteiger partial charge on any atom is 0.242 e. The van der Waals surface area contributed by atoms with Crippen molar-refractivity contribution < 1.29 is 16.8 Å². The molecular weight excluding hydrogens is 302 g/mol. The first-order valence-corrected chi connectivity index (χ1v) is 8.92. The molecule has 1 aromatic carbocycles. The monoisotopic (exact) mass is 321 g/mol. The Morgan fingerprint density at radius 3 is 2.35 bits per heavy atom. The van der Waals surface area contributed by atoms with Gasteiger partial charge in [-0.2, -0.15) is 0 Å². The largest absolute Gasteiger partial charge is 0.320 e. The van der Waals surface area contributed by atoms with Crippen LogP contribution in [0.15, 0.2) is 34.1 Å². The minimum atomic E-state index is -3.93. The molecule has 9 heteroatoms. The quantitative estimate of drug-likeness (QED) is 0.662. The number of benzene rings is 1. The van der Waals surface area contributed by atoms with E-state index >= 15 is 0 Å². The first-order chi connectivity index (χ1) is 9.19. The Balaban J connectivity index is 3.04. The average Bonchev–Trinajstić information content (AvgIpc) is 2.38. The van der Waals surface area contributed by atoms with Crippen LogP contribution in [0.5, 0.6) is 0 Å². The van der Waals surface area contributed by atoms with Crippen molar-refractivity contribution in [3.05, 3.63) is 24.3 Å². The van der Waals surface area contributed by atoms with Crippen LogP contribution >= 0.6 is 0 Å². The van der Waals surface area contributed by atoms with Crippen molar-refractivity contribution in [2.24, 2.45) is 5.14 Å². The van der Waals surface area contributed by atoms with Crippen LogP contribution in [0, 0.1) is 0 Å². The minimum Gasteiger partial charge on any atom is -0.320 e. The summed E-state index contributed by atoms with van der Waals surface area (Å²) in [5.41, 5.74) is 0. The lowest BCUT2D eigenvalue weighted by molar-refractivity contribution is 0.458. The number of primary sulfonamides is 1. The predicted octanol–water partition coefficient (Wildman–Crippen LogP) is -0.436. The van der Waals surface area contributed by atoms with Crippen LogP contribution in [0.3, 0.4) is 0 Å². The van der Waals surface area contributed by atoms with Crippen LogP contribution < -0.4 is 10.5 Å². The van der Waals surface area contributed by atoms with Gasteiger partial charge in [-0.25, -0.2) is 26.3 Å². The minimum absolute atomic E-state index is 0.0871. The summed E-state index contributed by atoms with van der Waals surface area (Å²) >= 11 is 0. The molecular formula is C11H19N3O4S2. The Morgan fingerprint density at radius 1 is 1.20 bits per heavy atom. The highest BCUT2D eigenvalue weighted by Gasteiger charge is 2.22. The van der Waals surface area contributed by atoms with E-state index in [2.05, 4.69) is 5.32 Å². The molecule has 0 spiro atoms. The highest BCUT2D eigenvalue weighted by molar-refractivity contribution is 7.90.